The maximum absolute atomic E-state index is 13.7. The Morgan fingerprint density at radius 2 is 1.71 bits per heavy atom. The summed E-state index contributed by atoms with van der Waals surface area (Å²) in [6.45, 7) is 7.81. The van der Waals surface area contributed by atoms with Crippen LogP contribution < -0.4 is 4.90 Å². The van der Waals surface area contributed by atoms with Gasteiger partial charge in [0.15, 0.2) is 5.65 Å². The molecule has 0 spiro atoms. The van der Waals surface area contributed by atoms with Gasteiger partial charge in [0.2, 0.25) is 0 Å². The molecular weight excluding hydrogens is 398 g/mol. The molecule has 2 saturated heterocycles. The van der Waals surface area contributed by atoms with E-state index in [0.717, 1.165) is 62.2 Å². The molecule has 2 aliphatic heterocycles. The number of fused-ring (bicyclic) bond motifs is 1. The van der Waals surface area contributed by atoms with Crippen molar-refractivity contribution in [2.45, 2.75) is 12.8 Å². The zero-order valence-corrected chi connectivity index (χ0v) is 17.8. The van der Waals surface area contributed by atoms with Crippen LogP contribution in [0.2, 0.25) is 0 Å². The van der Waals surface area contributed by atoms with Gasteiger partial charge in [-0.25, -0.2) is 18.7 Å². The van der Waals surface area contributed by atoms with Crippen molar-refractivity contribution < 1.29 is 8.78 Å². The van der Waals surface area contributed by atoms with Crippen LogP contribution >= 0.6 is 0 Å². The molecule has 2 aromatic heterocycles. The van der Waals surface area contributed by atoms with Crippen LogP contribution in [0.5, 0.6) is 0 Å². The van der Waals surface area contributed by atoms with E-state index in [1.807, 2.05) is 6.07 Å². The smallest absolute Gasteiger partial charge is 0.180 e. The van der Waals surface area contributed by atoms with Gasteiger partial charge < -0.3 is 19.7 Å². The monoisotopic (exact) mass is 426 g/mol. The Hall–Kier alpha value is -2.58. The summed E-state index contributed by atoms with van der Waals surface area (Å²) in [5, 5.41) is 0. The molecule has 2 fully saturated rings. The lowest BCUT2D eigenvalue weighted by Gasteiger charge is -2.38. The van der Waals surface area contributed by atoms with Gasteiger partial charge in [-0.3, -0.25) is 0 Å². The summed E-state index contributed by atoms with van der Waals surface area (Å²) in [5.74, 6) is -0.0833. The molecule has 8 heteroatoms. The third kappa shape index (κ3) is 4.41. The molecule has 31 heavy (non-hydrogen) atoms. The molecule has 1 aromatic carbocycles. The Kier molecular flexibility index (Phi) is 5.58. The van der Waals surface area contributed by atoms with Crippen LogP contribution in [0.4, 0.5) is 14.5 Å². The van der Waals surface area contributed by atoms with E-state index in [1.165, 1.54) is 31.8 Å². The summed E-state index contributed by atoms with van der Waals surface area (Å²) in [5.41, 5.74) is 2.82. The highest BCUT2D eigenvalue weighted by molar-refractivity contribution is 5.88. The minimum absolute atomic E-state index is 0.382. The molecule has 164 valence electrons. The number of nitrogens with one attached hydrogen (secondary N) is 1. The number of halogens is 2. The van der Waals surface area contributed by atoms with Gasteiger partial charge in [-0.15, -0.1) is 0 Å². The fourth-order valence-electron chi connectivity index (χ4n) is 4.74. The second kappa shape index (κ2) is 8.51. The number of hydrogen-bond donors (Lipinski definition) is 1. The van der Waals surface area contributed by atoms with E-state index in [9.17, 15) is 8.78 Å². The van der Waals surface area contributed by atoms with Crippen molar-refractivity contribution in [3.05, 3.63) is 42.1 Å². The van der Waals surface area contributed by atoms with E-state index < -0.39 is 11.6 Å². The number of benzene rings is 1. The molecule has 1 N–H and O–H groups in total. The molecule has 6 nitrogen and oxygen atoms in total. The Morgan fingerprint density at radius 1 is 1.00 bits per heavy atom. The van der Waals surface area contributed by atoms with Gasteiger partial charge in [0.1, 0.15) is 23.0 Å². The van der Waals surface area contributed by atoms with Crippen LogP contribution in [-0.2, 0) is 0 Å². The van der Waals surface area contributed by atoms with Crippen LogP contribution in [0, 0.1) is 17.6 Å². The molecule has 0 aliphatic carbocycles. The summed E-state index contributed by atoms with van der Waals surface area (Å²) in [7, 11) is 2.19. The molecule has 3 aromatic rings. The van der Waals surface area contributed by atoms with Gasteiger partial charge in [0.25, 0.3) is 0 Å². The highest BCUT2D eigenvalue weighted by Gasteiger charge is 2.25. The minimum atomic E-state index is -0.619. The Labute approximate surface area is 180 Å². The first-order chi connectivity index (χ1) is 15.0. The second-order valence-corrected chi connectivity index (χ2v) is 8.81. The van der Waals surface area contributed by atoms with Gasteiger partial charge in [-0.2, -0.15) is 0 Å². The number of piperazine rings is 1. The SMILES string of the molecule is CN1CCN(CC2CCN(c3ccnc4nc(-c5cc(F)cc(F)c5)[nH]c34)CC2)CC1. The molecule has 0 bridgehead atoms. The zero-order valence-electron chi connectivity index (χ0n) is 17.8. The van der Waals surface area contributed by atoms with Crippen LogP contribution in [0.3, 0.4) is 0 Å². The van der Waals surface area contributed by atoms with Gasteiger partial charge >= 0.3 is 0 Å². The fraction of sp³-hybridized carbons (Fsp3) is 0.478. The number of aromatic amines is 1. The number of likely N-dealkylation sites (N-methyl/N-ethyl adjacent to an activating group) is 1. The Morgan fingerprint density at radius 3 is 2.42 bits per heavy atom. The first-order valence-electron chi connectivity index (χ1n) is 11.0. The molecule has 0 radical (unpaired) electrons. The maximum Gasteiger partial charge on any atom is 0.180 e. The van der Waals surface area contributed by atoms with Gasteiger partial charge in [-0.05, 0) is 44.0 Å². The Bertz CT molecular complexity index is 1030. The van der Waals surface area contributed by atoms with Crippen molar-refractivity contribution >= 4 is 16.9 Å². The van der Waals surface area contributed by atoms with Crippen molar-refractivity contribution in [3.63, 3.8) is 0 Å². The quantitative estimate of drug-likeness (QED) is 0.693. The molecule has 0 unspecified atom stereocenters. The predicted octanol–water partition coefficient (Wildman–Crippen LogP) is 3.37. The molecule has 0 saturated carbocycles. The molecule has 4 heterocycles. The van der Waals surface area contributed by atoms with E-state index >= 15 is 0 Å². The summed E-state index contributed by atoms with van der Waals surface area (Å²) >= 11 is 0. The number of rotatable bonds is 4. The number of anilines is 1. The lowest BCUT2D eigenvalue weighted by molar-refractivity contribution is 0.129. The third-order valence-corrected chi connectivity index (χ3v) is 6.57. The normalized spacial score (nSPS) is 19.4. The van der Waals surface area contributed by atoms with Gasteiger partial charge in [-0.1, -0.05) is 0 Å². The van der Waals surface area contributed by atoms with Crippen LogP contribution in [-0.4, -0.2) is 77.6 Å². The highest BCUT2D eigenvalue weighted by atomic mass is 19.1. The van der Waals surface area contributed by atoms with Crippen molar-refractivity contribution in [1.82, 2.24) is 24.8 Å². The number of aromatic nitrogens is 3. The zero-order chi connectivity index (χ0) is 21.4. The molecule has 0 atom stereocenters. The number of H-pyrrole nitrogens is 1. The molecule has 0 amide bonds. The summed E-state index contributed by atoms with van der Waals surface area (Å²) in [4.78, 5) is 19.5. The summed E-state index contributed by atoms with van der Waals surface area (Å²) in [6.07, 6.45) is 4.07. The van der Waals surface area contributed by atoms with Crippen molar-refractivity contribution in [2.24, 2.45) is 5.92 Å². The van der Waals surface area contributed by atoms with Gasteiger partial charge in [0.05, 0.1) is 5.69 Å². The first-order valence-corrected chi connectivity index (χ1v) is 11.0. The van der Waals surface area contributed by atoms with E-state index in [4.69, 9.17) is 0 Å². The van der Waals surface area contributed by atoms with Crippen LogP contribution in [0.25, 0.3) is 22.6 Å². The van der Waals surface area contributed by atoms with Crippen LogP contribution in [0.15, 0.2) is 30.5 Å². The topological polar surface area (TPSA) is 51.3 Å². The number of imidazole rings is 1. The minimum Gasteiger partial charge on any atom is -0.370 e. The summed E-state index contributed by atoms with van der Waals surface area (Å²) < 4.78 is 27.3. The maximum atomic E-state index is 13.7. The standard InChI is InChI=1S/C23H28F2N6/c1-29-8-10-30(11-9-29)15-16-3-6-31(7-4-16)20-2-5-26-23-21(20)27-22(28-23)17-12-18(24)14-19(25)13-17/h2,5,12-14,16H,3-4,6-11,15H2,1H3,(H,26,27,28). The van der Waals surface area contributed by atoms with Crippen LogP contribution in [0.1, 0.15) is 12.8 Å². The van der Waals surface area contributed by atoms with Crippen molar-refractivity contribution in [2.75, 3.05) is 57.8 Å². The third-order valence-electron chi connectivity index (χ3n) is 6.57. The van der Waals surface area contributed by atoms with E-state index in [0.29, 0.717) is 17.0 Å². The van der Waals surface area contributed by atoms with E-state index in [1.54, 1.807) is 6.20 Å². The lowest BCUT2D eigenvalue weighted by atomic mass is 9.95. The Balaban J connectivity index is 1.30. The fourth-order valence-corrected chi connectivity index (χ4v) is 4.74. The number of nitrogens with zero attached hydrogens (tertiary/aromatic N) is 5. The number of pyridine rings is 1. The lowest BCUT2D eigenvalue weighted by Crippen LogP contribution is -2.47. The number of piperidine rings is 1. The average molecular weight is 427 g/mol. The van der Waals surface area contributed by atoms with E-state index in [-0.39, 0.29) is 0 Å². The molecular formula is C23H28F2N6. The van der Waals surface area contributed by atoms with Crippen molar-refractivity contribution in [3.8, 4) is 11.4 Å². The molecule has 2 aliphatic rings. The largest absolute Gasteiger partial charge is 0.370 e. The van der Waals surface area contributed by atoms with Crippen molar-refractivity contribution in [1.29, 1.82) is 0 Å². The molecule has 5 rings (SSSR count). The predicted molar refractivity (Wildman–Crippen MR) is 118 cm³/mol. The average Bonchev–Trinajstić information content (AvgIpc) is 3.20. The van der Waals surface area contributed by atoms with E-state index in [2.05, 4.69) is 36.7 Å². The van der Waals surface area contributed by atoms with Gasteiger partial charge in [0, 0.05) is 63.6 Å². The first kappa shape index (κ1) is 20.3. The second-order valence-electron chi connectivity index (χ2n) is 8.81. The summed E-state index contributed by atoms with van der Waals surface area (Å²) in [6, 6.07) is 5.42. The highest BCUT2D eigenvalue weighted by Crippen LogP contribution is 2.31. The number of hydrogen-bond acceptors (Lipinski definition) is 5.